The Balaban J connectivity index is 2.01. The van der Waals surface area contributed by atoms with Crippen molar-refractivity contribution < 1.29 is 4.79 Å². The van der Waals surface area contributed by atoms with E-state index >= 15 is 0 Å². The SMILES string of the molecule is Nc1ccccc1SCC(=O)Nc1c(I)cc(I)cc1I. The number of carbonyl (C=O) groups is 1. The Labute approximate surface area is 168 Å². The van der Waals surface area contributed by atoms with Crippen molar-refractivity contribution in [2.75, 3.05) is 16.8 Å². The molecule has 0 saturated carbocycles. The Morgan fingerprint density at radius 1 is 1.14 bits per heavy atom. The molecule has 1 amide bonds. The summed E-state index contributed by atoms with van der Waals surface area (Å²) in [5, 5.41) is 2.98. The van der Waals surface area contributed by atoms with Gasteiger partial charge in [0.25, 0.3) is 0 Å². The summed E-state index contributed by atoms with van der Waals surface area (Å²) in [5.41, 5.74) is 7.45. The first-order chi connectivity index (χ1) is 9.97. The molecule has 0 bridgehead atoms. The Morgan fingerprint density at radius 3 is 2.38 bits per heavy atom. The molecular formula is C14H11I3N2OS. The third kappa shape index (κ3) is 5.13. The first-order valence-electron chi connectivity index (χ1n) is 5.89. The highest BCUT2D eigenvalue weighted by atomic mass is 127. The number of rotatable bonds is 4. The van der Waals surface area contributed by atoms with Gasteiger partial charge >= 0.3 is 0 Å². The predicted octanol–water partition coefficient (Wildman–Crippen LogP) is 4.81. The van der Waals surface area contributed by atoms with Crippen LogP contribution in [0.15, 0.2) is 41.3 Å². The van der Waals surface area contributed by atoms with E-state index in [9.17, 15) is 4.79 Å². The van der Waals surface area contributed by atoms with Crippen LogP contribution in [-0.4, -0.2) is 11.7 Å². The summed E-state index contributed by atoms with van der Waals surface area (Å²) in [6, 6.07) is 11.6. The average Bonchev–Trinajstić information content (AvgIpc) is 2.42. The van der Waals surface area contributed by atoms with Gasteiger partial charge < -0.3 is 11.1 Å². The zero-order chi connectivity index (χ0) is 15.4. The van der Waals surface area contributed by atoms with Crippen LogP contribution >= 0.6 is 79.5 Å². The quantitative estimate of drug-likeness (QED) is 0.288. The van der Waals surface area contributed by atoms with Gasteiger partial charge in [0.1, 0.15) is 0 Å². The molecule has 7 heteroatoms. The molecule has 110 valence electrons. The minimum atomic E-state index is -0.0275. The van der Waals surface area contributed by atoms with Crippen molar-refractivity contribution in [3.63, 3.8) is 0 Å². The molecule has 0 unspecified atom stereocenters. The second-order valence-corrected chi connectivity index (χ2v) is 8.71. The maximum Gasteiger partial charge on any atom is 0.234 e. The summed E-state index contributed by atoms with van der Waals surface area (Å²) in [4.78, 5) is 13.0. The fraction of sp³-hybridized carbons (Fsp3) is 0.0714. The predicted molar refractivity (Wildman–Crippen MR) is 115 cm³/mol. The monoisotopic (exact) mass is 636 g/mol. The van der Waals surface area contributed by atoms with Gasteiger partial charge in [-0.05, 0) is 92.0 Å². The fourth-order valence-corrected chi connectivity index (χ4v) is 6.21. The van der Waals surface area contributed by atoms with E-state index in [1.807, 2.05) is 36.4 Å². The molecule has 21 heavy (non-hydrogen) atoms. The number of nitrogen functional groups attached to an aromatic ring is 1. The van der Waals surface area contributed by atoms with E-state index in [-0.39, 0.29) is 5.91 Å². The molecule has 2 aromatic rings. The first kappa shape index (κ1) is 17.6. The summed E-state index contributed by atoms with van der Waals surface area (Å²) in [6.07, 6.45) is 0. The first-order valence-corrected chi connectivity index (χ1v) is 10.1. The lowest BCUT2D eigenvalue weighted by Crippen LogP contribution is -2.16. The van der Waals surface area contributed by atoms with Gasteiger partial charge in [0.2, 0.25) is 5.91 Å². The van der Waals surface area contributed by atoms with E-state index < -0.39 is 0 Å². The van der Waals surface area contributed by atoms with Crippen LogP contribution in [0.3, 0.4) is 0 Å². The Hall–Kier alpha value is 0.250. The van der Waals surface area contributed by atoms with Gasteiger partial charge in [-0.25, -0.2) is 0 Å². The van der Waals surface area contributed by atoms with Gasteiger partial charge in [-0.3, -0.25) is 4.79 Å². The topological polar surface area (TPSA) is 55.1 Å². The molecule has 3 nitrogen and oxygen atoms in total. The van der Waals surface area contributed by atoms with Crippen LogP contribution in [0, 0.1) is 10.7 Å². The number of hydrogen-bond acceptors (Lipinski definition) is 3. The fourth-order valence-electron chi connectivity index (χ4n) is 1.59. The Kier molecular flexibility index (Phi) is 6.87. The highest BCUT2D eigenvalue weighted by Crippen LogP contribution is 2.28. The van der Waals surface area contributed by atoms with Crippen molar-refractivity contribution in [3.8, 4) is 0 Å². The van der Waals surface area contributed by atoms with E-state index in [2.05, 4.69) is 73.1 Å². The minimum Gasteiger partial charge on any atom is -0.398 e. The van der Waals surface area contributed by atoms with Crippen molar-refractivity contribution in [2.45, 2.75) is 4.90 Å². The minimum absolute atomic E-state index is 0.0275. The van der Waals surface area contributed by atoms with Crippen molar-refractivity contribution >= 4 is 96.8 Å². The van der Waals surface area contributed by atoms with Crippen LogP contribution < -0.4 is 11.1 Å². The molecule has 2 rings (SSSR count). The maximum absolute atomic E-state index is 12.1. The number of carbonyl (C=O) groups excluding carboxylic acids is 1. The Bertz CT molecular complexity index is 656. The van der Waals surface area contributed by atoms with Crippen LogP contribution in [0.4, 0.5) is 11.4 Å². The summed E-state index contributed by atoms with van der Waals surface area (Å²) >= 11 is 8.19. The lowest BCUT2D eigenvalue weighted by molar-refractivity contribution is -0.113. The summed E-state index contributed by atoms with van der Waals surface area (Å²) < 4.78 is 3.24. The Morgan fingerprint density at radius 2 is 1.76 bits per heavy atom. The zero-order valence-corrected chi connectivity index (χ0v) is 18.0. The largest absolute Gasteiger partial charge is 0.398 e. The molecule has 0 spiro atoms. The van der Waals surface area contributed by atoms with Crippen molar-refractivity contribution in [1.82, 2.24) is 0 Å². The zero-order valence-electron chi connectivity index (χ0n) is 10.7. The van der Waals surface area contributed by atoms with Gasteiger partial charge in [0, 0.05) is 21.3 Å². The summed E-state index contributed by atoms with van der Waals surface area (Å²) in [5.74, 6) is 0.312. The van der Waals surface area contributed by atoms with Crippen LogP contribution in [0.1, 0.15) is 0 Å². The van der Waals surface area contributed by atoms with Crippen molar-refractivity contribution in [1.29, 1.82) is 0 Å². The molecule has 0 atom stereocenters. The van der Waals surface area contributed by atoms with Gasteiger partial charge in [-0.1, -0.05) is 12.1 Å². The molecule has 0 aromatic heterocycles. The number of nitrogens with two attached hydrogens (primary N) is 1. The molecule has 3 N–H and O–H groups in total. The molecule has 0 aliphatic rings. The summed E-state index contributed by atoms with van der Waals surface area (Å²) in [7, 11) is 0. The van der Waals surface area contributed by atoms with Gasteiger partial charge in [0.15, 0.2) is 0 Å². The van der Waals surface area contributed by atoms with E-state index in [4.69, 9.17) is 5.73 Å². The second-order valence-electron chi connectivity index (χ2n) is 4.12. The average molecular weight is 636 g/mol. The van der Waals surface area contributed by atoms with Crippen molar-refractivity contribution in [3.05, 3.63) is 47.1 Å². The van der Waals surface area contributed by atoms with E-state index in [1.165, 1.54) is 11.8 Å². The number of hydrogen-bond donors (Lipinski definition) is 2. The van der Waals surface area contributed by atoms with Gasteiger partial charge in [-0.15, -0.1) is 11.8 Å². The van der Waals surface area contributed by atoms with Gasteiger partial charge in [-0.2, -0.15) is 0 Å². The molecule has 0 fully saturated rings. The number of para-hydroxylation sites is 1. The van der Waals surface area contributed by atoms with E-state index in [1.54, 1.807) is 0 Å². The molecular weight excluding hydrogens is 625 g/mol. The maximum atomic E-state index is 12.1. The third-order valence-corrected chi connectivity index (χ3v) is 5.96. The van der Waals surface area contributed by atoms with E-state index in [0.29, 0.717) is 11.4 Å². The van der Waals surface area contributed by atoms with Crippen LogP contribution in [0.5, 0.6) is 0 Å². The number of amides is 1. The lowest BCUT2D eigenvalue weighted by Gasteiger charge is -2.11. The highest BCUT2D eigenvalue weighted by molar-refractivity contribution is 14.1. The number of anilines is 2. The van der Waals surface area contributed by atoms with Crippen molar-refractivity contribution in [2.24, 2.45) is 0 Å². The van der Waals surface area contributed by atoms with Crippen LogP contribution in [0.2, 0.25) is 0 Å². The number of benzene rings is 2. The van der Waals surface area contributed by atoms with Gasteiger partial charge in [0.05, 0.1) is 11.4 Å². The second kappa shape index (κ2) is 8.20. The number of nitrogens with one attached hydrogen (secondary N) is 1. The van der Waals surface area contributed by atoms with E-state index in [0.717, 1.165) is 21.3 Å². The smallest absolute Gasteiger partial charge is 0.234 e. The molecule has 0 saturated heterocycles. The standard InChI is InChI=1S/C14H11I3N2OS/c15-8-5-9(16)14(10(17)6-8)19-13(20)7-21-12-4-2-1-3-11(12)18/h1-6H,7,18H2,(H,19,20). The normalized spacial score (nSPS) is 10.4. The summed E-state index contributed by atoms with van der Waals surface area (Å²) in [6.45, 7) is 0. The molecule has 0 heterocycles. The molecule has 0 aliphatic carbocycles. The number of halogens is 3. The molecule has 0 radical (unpaired) electrons. The lowest BCUT2D eigenvalue weighted by atomic mass is 10.3. The number of thioether (sulfide) groups is 1. The highest BCUT2D eigenvalue weighted by Gasteiger charge is 2.11. The molecule has 0 aliphatic heterocycles. The third-order valence-electron chi connectivity index (χ3n) is 2.55. The van der Waals surface area contributed by atoms with Crippen LogP contribution in [0.25, 0.3) is 0 Å². The molecule has 2 aromatic carbocycles. The van der Waals surface area contributed by atoms with Crippen LogP contribution in [-0.2, 0) is 4.79 Å².